The second-order valence-electron chi connectivity index (χ2n) is 6.29. The molecule has 1 aliphatic heterocycles. The molecule has 22 heavy (non-hydrogen) atoms. The van der Waals surface area contributed by atoms with E-state index in [1.54, 1.807) is 0 Å². The maximum absolute atomic E-state index is 6.37. The quantitative estimate of drug-likeness (QED) is 0.844. The number of rotatable bonds is 5. The molecule has 3 rings (SSSR count). The monoisotopic (exact) mass is 321 g/mol. The van der Waals surface area contributed by atoms with Gasteiger partial charge in [-0.3, -0.25) is 4.68 Å². The van der Waals surface area contributed by atoms with Crippen molar-refractivity contribution in [3.8, 4) is 0 Å². The summed E-state index contributed by atoms with van der Waals surface area (Å²) in [7, 11) is 4.14. The number of halogens is 1. The molecular weight excluding hydrogens is 298 g/mol. The van der Waals surface area contributed by atoms with Crippen molar-refractivity contribution in [2.45, 2.75) is 25.8 Å². The van der Waals surface area contributed by atoms with E-state index in [0.29, 0.717) is 0 Å². The van der Waals surface area contributed by atoms with Crippen LogP contribution in [0.1, 0.15) is 25.0 Å². The largest absolute Gasteiger partial charge is 0.381 e. The predicted octanol–water partition coefficient (Wildman–Crippen LogP) is 3.48. The van der Waals surface area contributed by atoms with Crippen molar-refractivity contribution in [1.29, 1.82) is 0 Å². The molecule has 1 saturated heterocycles. The molecule has 1 aromatic heterocycles. The lowest BCUT2D eigenvalue weighted by Gasteiger charge is -2.24. The summed E-state index contributed by atoms with van der Waals surface area (Å²) in [4.78, 5) is 2.35. The van der Waals surface area contributed by atoms with Crippen LogP contribution in [-0.4, -0.2) is 41.5 Å². The fraction of sp³-hybridized carbons (Fsp3) is 0.588. The second kappa shape index (κ2) is 6.99. The topological polar surface area (TPSA) is 30.3 Å². The van der Waals surface area contributed by atoms with Crippen LogP contribution in [0.2, 0.25) is 5.02 Å². The molecule has 0 spiro atoms. The lowest BCUT2D eigenvalue weighted by atomic mass is 9.96. The van der Waals surface area contributed by atoms with Crippen LogP contribution in [0.15, 0.2) is 18.2 Å². The first kappa shape index (κ1) is 15.8. The lowest BCUT2D eigenvalue weighted by molar-refractivity contribution is 0.0607. The number of ether oxygens (including phenoxy) is 1. The summed E-state index contributed by atoms with van der Waals surface area (Å²) in [6.45, 7) is 3.78. The second-order valence-corrected chi connectivity index (χ2v) is 6.69. The first-order valence-electron chi connectivity index (χ1n) is 8.01. The van der Waals surface area contributed by atoms with Gasteiger partial charge >= 0.3 is 0 Å². The van der Waals surface area contributed by atoms with Crippen LogP contribution in [-0.2, 0) is 18.3 Å². The van der Waals surface area contributed by atoms with Crippen molar-refractivity contribution >= 4 is 22.5 Å². The molecule has 2 aromatic rings. The minimum absolute atomic E-state index is 0.790. The van der Waals surface area contributed by atoms with Crippen LogP contribution in [0, 0.1) is 5.92 Å². The lowest BCUT2D eigenvalue weighted by Crippen LogP contribution is -2.24. The van der Waals surface area contributed by atoms with E-state index < -0.39 is 0 Å². The molecule has 4 nitrogen and oxygen atoms in total. The highest BCUT2D eigenvalue weighted by Gasteiger charge is 2.16. The average molecular weight is 322 g/mol. The molecule has 2 heterocycles. The Labute approximate surface area is 137 Å². The fourth-order valence-corrected chi connectivity index (χ4v) is 3.52. The zero-order valence-corrected chi connectivity index (χ0v) is 14.1. The molecule has 0 N–H and O–H groups in total. The molecule has 120 valence electrons. The molecule has 0 radical (unpaired) electrons. The van der Waals surface area contributed by atoms with Crippen LogP contribution >= 0.6 is 11.6 Å². The first-order chi connectivity index (χ1) is 10.6. The molecule has 0 atom stereocenters. The van der Waals surface area contributed by atoms with Gasteiger partial charge in [0.2, 0.25) is 0 Å². The Morgan fingerprint density at radius 2 is 2.14 bits per heavy atom. The number of aryl methyl sites for hydroxylation is 1. The van der Waals surface area contributed by atoms with Gasteiger partial charge < -0.3 is 9.64 Å². The van der Waals surface area contributed by atoms with E-state index in [9.17, 15) is 0 Å². The van der Waals surface area contributed by atoms with E-state index in [0.717, 1.165) is 53.8 Å². The van der Waals surface area contributed by atoms with Crippen LogP contribution in [0.25, 0.3) is 10.9 Å². The number of aromatic nitrogens is 2. The molecule has 0 bridgehead atoms. The van der Waals surface area contributed by atoms with Gasteiger partial charge in [0.25, 0.3) is 0 Å². The van der Waals surface area contributed by atoms with Crippen LogP contribution in [0.5, 0.6) is 0 Å². The SMILES string of the molecule is CN(CCC1CCOCC1)Cc1nn(C)c2cccc(Cl)c12. The highest BCUT2D eigenvalue weighted by atomic mass is 35.5. The van der Waals surface area contributed by atoms with Crippen molar-refractivity contribution < 1.29 is 4.74 Å². The number of hydrogen-bond acceptors (Lipinski definition) is 3. The summed E-state index contributed by atoms with van der Waals surface area (Å²) < 4.78 is 7.34. The number of nitrogens with zero attached hydrogens (tertiary/aromatic N) is 3. The highest BCUT2D eigenvalue weighted by Crippen LogP contribution is 2.27. The minimum Gasteiger partial charge on any atom is -0.381 e. The summed E-state index contributed by atoms with van der Waals surface area (Å²) in [6.07, 6.45) is 3.64. The summed E-state index contributed by atoms with van der Waals surface area (Å²) >= 11 is 6.37. The Hall–Kier alpha value is -1.10. The Kier molecular flexibility index (Phi) is 5.01. The van der Waals surface area contributed by atoms with Crippen LogP contribution in [0.3, 0.4) is 0 Å². The van der Waals surface area contributed by atoms with Crippen molar-refractivity contribution in [3.05, 3.63) is 28.9 Å². The van der Waals surface area contributed by atoms with Crippen molar-refractivity contribution in [3.63, 3.8) is 0 Å². The Bertz CT molecular complexity index is 634. The van der Waals surface area contributed by atoms with E-state index in [4.69, 9.17) is 16.3 Å². The fourth-order valence-electron chi connectivity index (χ4n) is 3.24. The van der Waals surface area contributed by atoms with Gasteiger partial charge in [0.1, 0.15) is 0 Å². The van der Waals surface area contributed by atoms with Crippen molar-refractivity contribution in [2.24, 2.45) is 13.0 Å². The molecule has 1 fully saturated rings. The van der Waals surface area contributed by atoms with Gasteiger partial charge in [-0.25, -0.2) is 0 Å². The molecule has 0 aliphatic carbocycles. The number of benzene rings is 1. The smallest absolute Gasteiger partial charge is 0.0858 e. The predicted molar refractivity (Wildman–Crippen MR) is 90.2 cm³/mol. The zero-order chi connectivity index (χ0) is 15.5. The molecular formula is C17H24ClN3O. The van der Waals surface area contributed by atoms with E-state index in [-0.39, 0.29) is 0 Å². The minimum atomic E-state index is 0.790. The van der Waals surface area contributed by atoms with E-state index >= 15 is 0 Å². The highest BCUT2D eigenvalue weighted by molar-refractivity contribution is 6.35. The number of fused-ring (bicyclic) bond motifs is 1. The van der Waals surface area contributed by atoms with Crippen LogP contribution in [0.4, 0.5) is 0 Å². The van der Waals surface area contributed by atoms with Gasteiger partial charge in [-0.15, -0.1) is 0 Å². The molecule has 0 saturated carbocycles. The Morgan fingerprint density at radius 3 is 2.91 bits per heavy atom. The van der Waals surface area contributed by atoms with Crippen molar-refractivity contribution in [2.75, 3.05) is 26.8 Å². The summed E-state index contributed by atoms with van der Waals surface area (Å²) in [5.74, 6) is 0.806. The van der Waals surface area contributed by atoms with Gasteiger partial charge in [0.15, 0.2) is 0 Å². The first-order valence-corrected chi connectivity index (χ1v) is 8.39. The van der Waals surface area contributed by atoms with Gasteiger partial charge in [-0.1, -0.05) is 17.7 Å². The molecule has 1 aliphatic rings. The van der Waals surface area contributed by atoms with Gasteiger partial charge in [-0.2, -0.15) is 5.10 Å². The van der Waals surface area contributed by atoms with Crippen molar-refractivity contribution in [1.82, 2.24) is 14.7 Å². The number of hydrogen-bond donors (Lipinski definition) is 0. The van der Waals surface area contributed by atoms with Gasteiger partial charge in [0.05, 0.1) is 16.2 Å². The third-order valence-electron chi connectivity index (χ3n) is 4.58. The van der Waals surface area contributed by atoms with Crippen LogP contribution < -0.4 is 0 Å². The molecule has 5 heteroatoms. The molecule has 0 unspecified atom stereocenters. The summed E-state index contributed by atoms with van der Waals surface area (Å²) in [5.41, 5.74) is 2.16. The average Bonchev–Trinajstić information content (AvgIpc) is 2.84. The molecule has 0 amide bonds. The van der Waals surface area contributed by atoms with E-state index in [1.165, 1.54) is 19.3 Å². The third kappa shape index (κ3) is 3.45. The zero-order valence-electron chi connectivity index (χ0n) is 13.4. The maximum atomic E-state index is 6.37. The Morgan fingerprint density at radius 1 is 1.36 bits per heavy atom. The Balaban J connectivity index is 1.65. The summed E-state index contributed by atoms with van der Waals surface area (Å²) in [5, 5.41) is 6.53. The third-order valence-corrected chi connectivity index (χ3v) is 4.89. The maximum Gasteiger partial charge on any atom is 0.0858 e. The van der Waals surface area contributed by atoms with E-state index in [1.807, 2.05) is 23.9 Å². The standard InChI is InChI=1S/C17H24ClN3O/c1-20(9-6-13-7-10-22-11-8-13)12-15-17-14(18)4-3-5-16(17)21(2)19-15/h3-5,13H,6-12H2,1-2H3. The molecule has 1 aromatic carbocycles. The summed E-state index contributed by atoms with van der Waals surface area (Å²) in [6, 6.07) is 5.99. The van der Waals surface area contributed by atoms with Gasteiger partial charge in [-0.05, 0) is 50.9 Å². The van der Waals surface area contributed by atoms with E-state index in [2.05, 4.69) is 23.1 Å². The van der Waals surface area contributed by atoms with Gasteiger partial charge in [0, 0.05) is 32.2 Å². The normalized spacial score (nSPS) is 16.7.